The first kappa shape index (κ1) is 14.3. The molecule has 3 N–H and O–H groups in total. The lowest BCUT2D eigenvalue weighted by Gasteiger charge is -2.06. The summed E-state index contributed by atoms with van der Waals surface area (Å²) in [5.41, 5.74) is 9.25. The highest BCUT2D eigenvalue weighted by molar-refractivity contribution is 5.81. The molecule has 0 aliphatic carbocycles. The summed E-state index contributed by atoms with van der Waals surface area (Å²) < 4.78 is 7.78. The van der Waals surface area contributed by atoms with E-state index in [0.29, 0.717) is 18.1 Å². The number of ether oxygens (including phenoxy) is 1. The zero-order valence-corrected chi connectivity index (χ0v) is 13.1. The Morgan fingerprint density at radius 2 is 2.00 bits per heavy atom. The molecule has 0 unspecified atom stereocenters. The van der Waals surface area contributed by atoms with E-state index >= 15 is 0 Å². The maximum absolute atomic E-state index is 5.92. The summed E-state index contributed by atoms with van der Waals surface area (Å²) in [6, 6.07) is 15.7. The number of nitrogens with two attached hydrogens (primary N) is 1. The zero-order chi connectivity index (χ0) is 16.5. The molecule has 24 heavy (non-hydrogen) atoms. The number of hydrogen-bond acceptors (Lipinski definition) is 5. The second-order valence-electron chi connectivity index (χ2n) is 5.46. The van der Waals surface area contributed by atoms with E-state index in [1.807, 2.05) is 60.3 Å². The van der Waals surface area contributed by atoms with E-state index < -0.39 is 0 Å². The van der Waals surface area contributed by atoms with Gasteiger partial charge in [0.05, 0.1) is 5.52 Å². The molecule has 0 atom stereocenters. The summed E-state index contributed by atoms with van der Waals surface area (Å²) in [6.45, 7) is 0.388. The van der Waals surface area contributed by atoms with Crippen LogP contribution in [-0.2, 0) is 13.7 Å². The molecular formula is C17H16N6O. The predicted molar refractivity (Wildman–Crippen MR) is 91.3 cm³/mol. The van der Waals surface area contributed by atoms with Crippen LogP contribution in [-0.4, -0.2) is 25.2 Å². The number of nitrogens with zero attached hydrogens (tertiary/aromatic N) is 4. The van der Waals surface area contributed by atoms with Crippen LogP contribution in [0.1, 0.15) is 5.69 Å². The SMILES string of the molecule is Cn1nc(COc2cccc(-c3n[nH]nc3N)c2)c2ccccc21. The van der Waals surface area contributed by atoms with Crippen LogP contribution < -0.4 is 10.5 Å². The molecule has 0 bridgehead atoms. The van der Waals surface area contributed by atoms with Crippen LogP contribution in [0.3, 0.4) is 0 Å². The van der Waals surface area contributed by atoms with Crippen molar-refractivity contribution in [2.24, 2.45) is 7.05 Å². The predicted octanol–water partition coefficient (Wildman–Crippen LogP) is 2.52. The zero-order valence-electron chi connectivity index (χ0n) is 13.1. The van der Waals surface area contributed by atoms with Gasteiger partial charge in [0.1, 0.15) is 23.7 Å². The first-order valence-corrected chi connectivity index (χ1v) is 7.52. The fourth-order valence-corrected chi connectivity index (χ4v) is 2.73. The number of fused-ring (bicyclic) bond motifs is 1. The fraction of sp³-hybridized carbons (Fsp3) is 0.118. The molecule has 120 valence electrons. The second kappa shape index (κ2) is 5.69. The van der Waals surface area contributed by atoms with Crippen molar-refractivity contribution in [2.75, 3.05) is 5.73 Å². The topological polar surface area (TPSA) is 94.6 Å². The number of aromatic amines is 1. The Kier molecular flexibility index (Phi) is 3.38. The number of nitrogens with one attached hydrogen (secondary N) is 1. The van der Waals surface area contributed by atoms with Gasteiger partial charge in [0.2, 0.25) is 0 Å². The van der Waals surface area contributed by atoms with Gasteiger partial charge in [0.15, 0.2) is 5.82 Å². The van der Waals surface area contributed by atoms with Crippen LogP contribution in [0.25, 0.3) is 22.2 Å². The highest BCUT2D eigenvalue weighted by atomic mass is 16.5. The molecule has 0 fully saturated rings. The van der Waals surface area contributed by atoms with Gasteiger partial charge in [-0.15, -0.1) is 5.10 Å². The van der Waals surface area contributed by atoms with Crippen LogP contribution in [0.15, 0.2) is 48.5 Å². The third-order valence-corrected chi connectivity index (χ3v) is 3.89. The van der Waals surface area contributed by atoms with Crippen molar-refractivity contribution in [1.82, 2.24) is 25.2 Å². The number of aryl methyl sites for hydroxylation is 1. The van der Waals surface area contributed by atoms with E-state index in [1.165, 1.54) is 0 Å². The van der Waals surface area contributed by atoms with Crippen molar-refractivity contribution >= 4 is 16.7 Å². The molecule has 0 amide bonds. The highest BCUT2D eigenvalue weighted by Gasteiger charge is 2.10. The van der Waals surface area contributed by atoms with E-state index in [1.54, 1.807) is 0 Å². The van der Waals surface area contributed by atoms with Crippen molar-refractivity contribution in [3.63, 3.8) is 0 Å². The summed E-state index contributed by atoms with van der Waals surface area (Å²) in [5, 5.41) is 16.0. The molecule has 2 heterocycles. The monoisotopic (exact) mass is 320 g/mol. The maximum atomic E-state index is 5.92. The van der Waals surface area contributed by atoms with Crippen molar-refractivity contribution in [3.05, 3.63) is 54.2 Å². The molecule has 0 radical (unpaired) electrons. The largest absolute Gasteiger partial charge is 0.487 e. The molecule has 0 aliphatic heterocycles. The second-order valence-corrected chi connectivity index (χ2v) is 5.46. The van der Waals surface area contributed by atoms with E-state index in [-0.39, 0.29) is 0 Å². The quantitative estimate of drug-likeness (QED) is 0.602. The van der Waals surface area contributed by atoms with Gasteiger partial charge in [0.25, 0.3) is 0 Å². The standard InChI is InChI=1S/C17H16N6O/c1-23-15-8-3-2-7-13(15)14(21-23)10-24-12-6-4-5-11(9-12)16-17(18)20-22-19-16/h2-9H,10H2,1H3,(H3,18,19,20,22). The number of anilines is 1. The molecule has 7 nitrogen and oxygen atoms in total. The minimum absolute atomic E-state index is 0.364. The smallest absolute Gasteiger partial charge is 0.173 e. The Morgan fingerprint density at radius 1 is 1.12 bits per heavy atom. The van der Waals surface area contributed by atoms with Crippen molar-refractivity contribution < 1.29 is 4.74 Å². The van der Waals surface area contributed by atoms with Gasteiger partial charge in [0, 0.05) is 18.0 Å². The summed E-state index contributed by atoms with van der Waals surface area (Å²) in [5.74, 6) is 1.09. The van der Waals surface area contributed by atoms with E-state index in [4.69, 9.17) is 10.5 Å². The Bertz CT molecular complexity index is 1000. The van der Waals surface area contributed by atoms with Crippen LogP contribution in [0, 0.1) is 0 Å². The summed E-state index contributed by atoms with van der Waals surface area (Å²) in [7, 11) is 1.93. The number of H-pyrrole nitrogens is 1. The Balaban J connectivity index is 1.59. The Morgan fingerprint density at radius 3 is 2.83 bits per heavy atom. The van der Waals surface area contributed by atoms with Crippen molar-refractivity contribution in [2.45, 2.75) is 6.61 Å². The number of nitrogen functional groups attached to an aromatic ring is 1. The van der Waals surface area contributed by atoms with Crippen molar-refractivity contribution in [1.29, 1.82) is 0 Å². The molecule has 7 heteroatoms. The molecule has 0 aliphatic rings. The lowest BCUT2D eigenvalue weighted by Crippen LogP contribution is -1.98. The normalized spacial score (nSPS) is 11.0. The van der Waals surface area contributed by atoms with Gasteiger partial charge >= 0.3 is 0 Å². The lowest BCUT2D eigenvalue weighted by atomic mass is 10.1. The highest BCUT2D eigenvalue weighted by Crippen LogP contribution is 2.26. The average Bonchev–Trinajstić information content (AvgIpc) is 3.17. The third kappa shape index (κ3) is 2.45. The first-order chi connectivity index (χ1) is 11.7. The summed E-state index contributed by atoms with van der Waals surface area (Å²) in [6.07, 6.45) is 0. The van der Waals surface area contributed by atoms with E-state index in [2.05, 4.69) is 20.5 Å². The van der Waals surface area contributed by atoms with Crippen LogP contribution in [0.2, 0.25) is 0 Å². The minimum atomic E-state index is 0.364. The third-order valence-electron chi connectivity index (χ3n) is 3.89. The van der Waals surface area contributed by atoms with Crippen LogP contribution in [0.5, 0.6) is 5.75 Å². The minimum Gasteiger partial charge on any atom is -0.487 e. The molecular weight excluding hydrogens is 304 g/mol. The average molecular weight is 320 g/mol. The number of hydrogen-bond donors (Lipinski definition) is 2. The fourth-order valence-electron chi connectivity index (χ4n) is 2.73. The van der Waals surface area contributed by atoms with Gasteiger partial charge in [-0.1, -0.05) is 30.3 Å². The summed E-state index contributed by atoms with van der Waals surface area (Å²) >= 11 is 0. The van der Waals surface area contributed by atoms with Gasteiger partial charge in [-0.2, -0.15) is 15.4 Å². The molecule has 2 aromatic carbocycles. The van der Waals surface area contributed by atoms with Gasteiger partial charge in [-0.05, 0) is 18.2 Å². The Labute approximate surface area is 138 Å². The molecule has 0 saturated carbocycles. The molecule has 4 rings (SSSR count). The van der Waals surface area contributed by atoms with Crippen LogP contribution in [0.4, 0.5) is 5.82 Å². The summed E-state index contributed by atoms with van der Waals surface area (Å²) in [4.78, 5) is 0. The van der Waals surface area contributed by atoms with Gasteiger partial charge in [-0.3, -0.25) is 4.68 Å². The lowest BCUT2D eigenvalue weighted by molar-refractivity contribution is 0.301. The van der Waals surface area contributed by atoms with Gasteiger partial charge in [-0.25, -0.2) is 0 Å². The van der Waals surface area contributed by atoms with Crippen molar-refractivity contribution in [3.8, 4) is 17.0 Å². The van der Waals surface area contributed by atoms with E-state index in [9.17, 15) is 0 Å². The van der Waals surface area contributed by atoms with Crippen LogP contribution >= 0.6 is 0 Å². The first-order valence-electron chi connectivity index (χ1n) is 7.52. The Hall–Kier alpha value is -3.35. The van der Waals surface area contributed by atoms with Gasteiger partial charge < -0.3 is 10.5 Å². The number of rotatable bonds is 4. The molecule has 2 aromatic heterocycles. The maximum Gasteiger partial charge on any atom is 0.173 e. The number of aromatic nitrogens is 5. The number of para-hydroxylation sites is 1. The molecule has 0 saturated heterocycles. The number of benzene rings is 2. The molecule has 4 aromatic rings. The van der Waals surface area contributed by atoms with E-state index in [0.717, 1.165) is 27.9 Å². The molecule has 0 spiro atoms.